The van der Waals surface area contributed by atoms with E-state index in [9.17, 15) is 9.18 Å². The summed E-state index contributed by atoms with van der Waals surface area (Å²) in [6.45, 7) is 7.56. The van der Waals surface area contributed by atoms with Crippen LogP contribution < -0.4 is 10.1 Å². The molecule has 9 nitrogen and oxygen atoms in total. The molecule has 1 amide bonds. The molecule has 0 saturated carbocycles. The number of benzene rings is 1. The number of hydrogen-bond acceptors (Lipinski definition) is 7. The molecule has 1 atom stereocenters. The van der Waals surface area contributed by atoms with E-state index in [1.54, 1.807) is 27.9 Å². The first kappa shape index (κ1) is 21.4. The zero-order valence-corrected chi connectivity index (χ0v) is 19.0. The van der Waals surface area contributed by atoms with E-state index in [4.69, 9.17) is 9.47 Å². The van der Waals surface area contributed by atoms with Gasteiger partial charge in [0.15, 0.2) is 5.65 Å². The average molecular weight is 455 g/mol. The van der Waals surface area contributed by atoms with Crippen molar-refractivity contribution in [3.05, 3.63) is 47.2 Å². The Balaban J connectivity index is 1.34. The van der Waals surface area contributed by atoms with Gasteiger partial charge in [-0.05, 0) is 39.3 Å². The maximum atomic E-state index is 14.5. The van der Waals surface area contributed by atoms with Crippen LogP contribution in [0, 0.1) is 5.82 Å². The molecule has 0 spiro atoms. The second-order valence-electron chi connectivity index (χ2n) is 9.43. The number of halogens is 1. The summed E-state index contributed by atoms with van der Waals surface area (Å²) in [5.41, 5.74) is 2.54. The summed E-state index contributed by atoms with van der Waals surface area (Å²) in [5.74, 6) is 1.08. The number of nitrogens with zero attached hydrogens (tertiary/aromatic N) is 5. The Labute approximate surface area is 190 Å². The first-order valence-corrected chi connectivity index (χ1v) is 11.1. The van der Waals surface area contributed by atoms with Crippen molar-refractivity contribution >= 4 is 17.7 Å². The van der Waals surface area contributed by atoms with E-state index < -0.39 is 5.60 Å². The second-order valence-corrected chi connectivity index (χ2v) is 9.43. The molecule has 1 fully saturated rings. The Morgan fingerprint density at radius 1 is 1.36 bits per heavy atom. The SMILES string of the molecule is CC(C)(C)OC(=O)N1CCC(c2cnc(NCc3c(F)ccc4c3CCO4)n3cnnc23)C1. The quantitative estimate of drug-likeness (QED) is 0.644. The fraction of sp³-hybridized carbons (Fsp3) is 0.478. The van der Waals surface area contributed by atoms with Crippen molar-refractivity contribution in [1.82, 2.24) is 24.5 Å². The van der Waals surface area contributed by atoms with Gasteiger partial charge in [0.2, 0.25) is 5.95 Å². The summed E-state index contributed by atoms with van der Waals surface area (Å²) in [4.78, 5) is 18.7. The Bertz CT molecular complexity index is 1200. The highest BCUT2D eigenvalue weighted by molar-refractivity contribution is 5.69. The maximum Gasteiger partial charge on any atom is 0.410 e. The molecule has 0 aliphatic carbocycles. The lowest BCUT2D eigenvalue weighted by molar-refractivity contribution is 0.0292. The van der Waals surface area contributed by atoms with Crippen molar-refractivity contribution < 1.29 is 18.7 Å². The Hall–Kier alpha value is -3.43. The predicted octanol–water partition coefficient (Wildman–Crippen LogP) is 3.53. The van der Waals surface area contributed by atoms with Crippen molar-refractivity contribution in [3.8, 4) is 5.75 Å². The van der Waals surface area contributed by atoms with Gasteiger partial charge in [0.25, 0.3) is 0 Å². The van der Waals surface area contributed by atoms with Crippen molar-refractivity contribution in [1.29, 1.82) is 0 Å². The lowest BCUT2D eigenvalue weighted by Crippen LogP contribution is -2.35. The third kappa shape index (κ3) is 4.17. The van der Waals surface area contributed by atoms with Gasteiger partial charge in [0, 0.05) is 54.9 Å². The van der Waals surface area contributed by atoms with Crippen LogP contribution in [-0.2, 0) is 17.7 Å². The number of rotatable bonds is 4. The third-order valence-corrected chi connectivity index (χ3v) is 6.00. The van der Waals surface area contributed by atoms with E-state index in [0.717, 1.165) is 23.3 Å². The van der Waals surface area contributed by atoms with Gasteiger partial charge in [-0.25, -0.2) is 14.2 Å². The van der Waals surface area contributed by atoms with Gasteiger partial charge >= 0.3 is 6.09 Å². The molecule has 2 aliphatic rings. The standard InChI is InChI=1S/C23H27FN6O3/c1-23(2,3)33-22(31)29-8-6-14(12-29)16-10-25-21(30-13-27-28-20(16)30)26-11-17-15-7-9-32-19(15)5-4-18(17)24/h4-5,10,13-14H,6-9,11-12H2,1-3H3,(H,25,26). The van der Waals surface area contributed by atoms with E-state index in [0.29, 0.717) is 43.3 Å². The number of carbonyl (C=O) groups is 1. The molecule has 0 bridgehead atoms. The minimum absolute atomic E-state index is 0.0813. The zero-order valence-electron chi connectivity index (χ0n) is 19.0. The smallest absolute Gasteiger partial charge is 0.410 e. The van der Waals surface area contributed by atoms with Crippen molar-refractivity contribution in [3.63, 3.8) is 0 Å². The summed E-state index contributed by atoms with van der Waals surface area (Å²) in [6.07, 6.45) is 4.52. The van der Waals surface area contributed by atoms with Gasteiger partial charge in [-0.15, -0.1) is 10.2 Å². The Kier molecular flexibility index (Phi) is 5.30. The molecule has 0 radical (unpaired) electrons. The molecule has 2 aliphatic heterocycles. The molecule has 1 saturated heterocycles. The number of nitrogens with one attached hydrogen (secondary N) is 1. The first-order valence-electron chi connectivity index (χ1n) is 11.1. The number of aromatic nitrogens is 4. The fourth-order valence-corrected chi connectivity index (χ4v) is 4.44. The molecule has 5 rings (SSSR count). The number of likely N-dealkylation sites (tertiary alicyclic amines) is 1. The number of hydrogen-bond donors (Lipinski definition) is 1. The van der Waals surface area contributed by atoms with Crippen molar-refractivity contribution in [2.45, 2.75) is 51.7 Å². The fourth-order valence-electron chi connectivity index (χ4n) is 4.44. The lowest BCUT2D eigenvalue weighted by Gasteiger charge is -2.24. The first-order chi connectivity index (χ1) is 15.8. The highest BCUT2D eigenvalue weighted by atomic mass is 19.1. The topological polar surface area (TPSA) is 93.9 Å². The number of amides is 1. The van der Waals surface area contributed by atoms with Gasteiger partial charge in [0.05, 0.1) is 6.61 Å². The van der Waals surface area contributed by atoms with E-state index in [-0.39, 0.29) is 24.4 Å². The number of carbonyl (C=O) groups excluding carboxylic acids is 1. The largest absolute Gasteiger partial charge is 0.493 e. The third-order valence-electron chi connectivity index (χ3n) is 6.00. The zero-order chi connectivity index (χ0) is 23.2. The lowest BCUT2D eigenvalue weighted by atomic mass is 10.0. The normalized spacial score (nSPS) is 17.8. The molecule has 3 aromatic rings. The van der Waals surface area contributed by atoms with Crippen LogP contribution >= 0.6 is 0 Å². The Morgan fingerprint density at radius 2 is 2.21 bits per heavy atom. The number of anilines is 1. The van der Waals surface area contributed by atoms with Crippen LogP contribution in [0.25, 0.3) is 5.65 Å². The van der Waals surface area contributed by atoms with Gasteiger partial charge in [-0.3, -0.25) is 4.40 Å². The molecule has 4 heterocycles. The second kappa shape index (κ2) is 8.17. The summed E-state index contributed by atoms with van der Waals surface area (Å²) in [5, 5.41) is 11.6. The van der Waals surface area contributed by atoms with Gasteiger partial charge in [-0.1, -0.05) is 0 Å². The molecule has 33 heavy (non-hydrogen) atoms. The van der Waals surface area contributed by atoms with E-state index in [2.05, 4.69) is 20.5 Å². The molecular formula is C23H27FN6O3. The van der Waals surface area contributed by atoms with Crippen molar-refractivity contribution in [2.24, 2.45) is 0 Å². The van der Waals surface area contributed by atoms with Crippen LogP contribution in [-0.4, -0.2) is 55.9 Å². The molecule has 1 unspecified atom stereocenters. The van der Waals surface area contributed by atoms with Crippen LogP contribution in [0.5, 0.6) is 5.75 Å². The van der Waals surface area contributed by atoms with Gasteiger partial charge in [-0.2, -0.15) is 0 Å². The van der Waals surface area contributed by atoms with Crippen LogP contribution in [0.3, 0.4) is 0 Å². The molecule has 2 aromatic heterocycles. The number of ether oxygens (including phenoxy) is 2. The summed E-state index contributed by atoms with van der Waals surface area (Å²) in [7, 11) is 0. The maximum absolute atomic E-state index is 14.5. The average Bonchev–Trinajstić information content (AvgIpc) is 3.51. The Morgan fingerprint density at radius 3 is 3.03 bits per heavy atom. The highest BCUT2D eigenvalue weighted by Gasteiger charge is 2.32. The number of fused-ring (bicyclic) bond motifs is 2. The van der Waals surface area contributed by atoms with Crippen LogP contribution in [0.4, 0.5) is 15.1 Å². The van der Waals surface area contributed by atoms with Gasteiger partial charge < -0.3 is 19.7 Å². The molecule has 1 aromatic carbocycles. The molecule has 1 N–H and O–H groups in total. The van der Waals surface area contributed by atoms with E-state index in [1.165, 1.54) is 6.07 Å². The van der Waals surface area contributed by atoms with Gasteiger partial charge in [0.1, 0.15) is 23.5 Å². The molecular weight excluding hydrogens is 427 g/mol. The van der Waals surface area contributed by atoms with E-state index in [1.807, 2.05) is 20.8 Å². The van der Waals surface area contributed by atoms with Crippen LogP contribution in [0.15, 0.2) is 24.7 Å². The highest BCUT2D eigenvalue weighted by Crippen LogP contribution is 2.32. The van der Waals surface area contributed by atoms with E-state index >= 15 is 0 Å². The summed E-state index contributed by atoms with van der Waals surface area (Å²) >= 11 is 0. The summed E-state index contributed by atoms with van der Waals surface area (Å²) in [6, 6.07) is 3.11. The monoisotopic (exact) mass is 454 g/mol. The van der Waals surface area contributed by atoms with Crippen LogP contribution in [0.1, 0.15) is 49.8 Å². The molecule has 10 heteroatoms. The van der Waals surface area contributed by atoms with Crippen molar-refractivity contribution in [2.75, 3.05) is 25.0 Å². The minimum atomic E-state index is -0.533. The predicted molar refractivity (Wildman–Crippen MR) is 119 cm³/mol. The van der Waals surface area contributed by atoms with Crippen LogP contribution in [0.2, 0.25) is 0 Å². The molecule has 174 valence electrons. The minimum Gasteiger partial charge on any atom is -0.493 e. The summed E-state index contributed by atoms with van der Waals surface area (Å²) < 4.78 is 27.3.